The highest BCUT2D eigenvalue weighted by atomic mass is 35.5. The van der Waals surface area contributed by atoms with Crippen LogP contribution in [-0.2, 0) is 10.6 Å². The fourth-order valence-corrected chi connectivity index (χ4v) is 2.49. The molecule has 0 aliphatic heterocycles. The molecule has 18 heavy (non-hydrogen) atoms. The first-order valence-corrected chi connectivity index (χ1v) is 6.80. The molecule has 2 unspecified atom stereocenters. The van der Waals surface area contributed by atoms with Crippen LogP contribution in [0.25, 0.3) is 0 Å². The molecular formula is C14H18ClFO2. The van der Waals surface area contributed by atoms with Gasteiger partial charge in [0, 0.05) is 19.4 Å². The standard InChI is InChI=1S/C14H18ClFO2/c1-17-11-3-2-4-12(8-11)18-14-6-5-10(9-15)7-13(14)16/h5-7,11-12H,2-4,8-9H2,1H3. The van der Waals surface area contributed by atoms with E-state index in [-0.39, 0.29) is 18.0 Å². The van der Waals surface area contributed by atoms with E-state index in [0.717, 1.165) is 31.2 Å². The smallest absolute Gasteiger partial charge is 0.165 e. The van der Waals surface area contributed by atoms with Gasteiger partial charge in [-0.15, -0.1) is 11.6 Å². The number of hydrogen-bond donors (Lipinski definition) is 0. The van der Waals surface area contributed by atoms with Crippen molar-refractivity contribution in [3.8, 4) is 5.75 Å². The molecule has 1 aromatic rings. The summed E-state index contributed by atoms with van der Waals surface area (Å²) in [5.74, 6) is 0.283. The number of benzene rings is 1. The third-order valence-electron chi connectivity index (χ3n) is 3.36. The Kier molecular flexibility index (Phi) is 4.84. The lowest BCUT2D eigenvalue weighted by Crippen LogP contribution is -2.29. The third-order valence-corrected chi connectivity index (χ3v) is 3.66. The zero-order chi connectivity index (χ0) is 13.0. The Labute approximate surface area is 112 Å². The van der Waals surface area contributed by atoms with Gasteiger partial charge in [0.1, 0.15) is 6.10 Å². The van der Waals surface area contributed by atoms with Gasteiger partial charge >= 0.3 is 0 Å². The molecule has 0 amide bonds. The second-order valence-corrected chi connectivity index (χ2v) is 4.93. The molecule has 0 spiro atoms. The molecule has 2 rings (SSSR count). The molecule has 0 radical (unpaired) electrons. The summed E-state index contributed by atoms with van der Waals surface area (Å²) in [6.07, 6.45) is 4.17. The van der Waals surface area contributed by atoms with E-state index in [1.54, 1.807) is 19.2 Å². The van der Waals surface area contributed by atoms with Gasteiger partial charge in [0.25, 0.3) is 0 Å². The van der Waals surface area contributed by atoms with Crippen molar-refractivity contribution in [1.29, 1.82) is 0 Å². The largest absolute Gasteiger partial charge is 0.487 e. The third kappa shape index (κ3) is 3.36. The van der Waals surface area contributed by atoms with E-state index in [1.165, 1.54) is 6.07 Å². The first-order valence-electron chi connectivity index (χ1n) is 6.26. The molecule has 1 aromatic carbocycles. The molecule has 2 nitrogen and oxygen atoms in total. The zero-order valence-corrected chi connectivity index (χ0v) is 11.3. The molecule has 0 aromatic heterocycles. The number of hydrogen-bond acceptors (Lipinski definition) is 2. The van der Waals surface area contributed by atoms with E-state index in [2.05, 4.69) is 0 Å². The first kappa shape index (κ1) is 13.6. The number of alkyl halides is 1. The van der Waals surface area contributed by atoms with Gasteiger partial charge in [-0.1, -0.05) is 6.07 Å². The van der Waals surface area contributed by atoms with Crippen LogP contribution < -0.4 is 4.74 Å². The summed E-state index contributed by atoms with van der Waals surface area (Å²) in [5, 5.41) is 0. The first-order chi connectivity index (χ1) is 8.72. The number of rotatable bonds is 4. The van der Waals surface area contributed by atoms with Crippen molar-refractivity contribution in [2.24, 2.45) is 0 Å². The SMILES string of the molecule is COC1CCCC(Oc2ccc(CCl)cc2F)C1. The van der Waals surface area contributed by atoms with Gasteiger partial charge in [-0.3, -0.25) is 0 Å². The van der Waals surface area contributed by atoms with Gasteiger partial charge in [-0.2, -0.15) is 0 Å². The van der Waals surface area contributed by atoms with E-state index in [0.29, 0.717) is 11.6 Å². The van der Waals surface area contributed by atoms with Gasteiger partial charge in [0.2, 0.25) is 0 Å². The summed E-state index contributed by atoms with van der Waals surface area (Å²) < 4.78 is 24.8. The zero-order valence-electron chi connectivity index (χ0n) is 10.5. The average molecular weight is 273 g/mol. The van der Waals surface area contributed by atoms with Crippen molar-refractivity contribution < 1.29 is 13.9 Å². The second kappa shape index (κ2) is 6.39. The van der Waals surface area contributed by atoms with Crippen LogP contribution in [0.15, 0.2) is 18.2 Å². The van der Waals surface area contributed by atoms with Crippen LogP contribution >= 0.6 is 11.6 Å². The maximum Gasteiger partial charge on any atom is 0.165 e. The van der Waals surface area contributed by atoms with E-state index >= 15 is 0 Å². The predicted molar refractivity (Wildman–Crippen MR) is 69.6 cm³/mol. The monoisotopic (exact) mass is 272 g/mol. The van der Waals surface area contributed by atoms with Crippen LogP contribution in [-0.4, -0.2) is 19.3 Å². The Morgan fingerprint density at radius 3 is 2.78 bits per heavy atom. The molecule has 100 valence electrons. The van der Waals surface area contributed by atoms with E-state index in [1.807, 2.05) is 0 Å². The Bertz CT molecular complexity index is 397. The van der Waals surface area contributed by atoms with E-state index in [4.69, 9.17) is 21.1 Å². The van der Waals surface area contributed by atoms with Gasteiger partial charge < -0.3 is 9.47 Å². The normalized spacial score (nSPS) is 23.9. The molecule has 0 bridgehead atoms. The van der Waals surface area contributed by atoms with Gasteiger partial charge in [-0.05, 0) is 37.0 Å². The minimum atomic E-state index is -0.340. The van der Waals surface area contributed by atoms with Crippen molar-refractivity contribution >= 4 is 11.6 Å². The van der Waals surface area contributed by atoms with E-state index < -0.39 is 0 Å². The lowest BCUT2D eigenvalue weighted by Gasteiger charge is -2.28. The second-order valence-electron chi connectivity index (χ2n) is 4.66. The summed E-state index contributed by atoms with van der Waals surface area (Å²) in [7, 11) is 1.71. The van der Waals surface area contributed by atoms with Gasteiger partial charge in [0.15, 0.2) is 11.6 Å². The predicted octanol–water partition coefficient (Wildman–Crippen LogP) is 3.90. The lowest BCUT2D eigenvalue weighted by molar-refractivity contribution is 0.0197. The summed E-state index contributed by atoms with van der Waals surface area (Å²) in [5.41, 5.74) is 0.764. The van der Waals surface area contributed by atoms with Gasteiger partial charge in [0.05, 0.1) is 6.10 Å². The van der Waals surface area contributed by atoms with Crippen LogP contribution in [0.4, 0.5) is 4.39 Å². The Hall–Kier alpha value is -0.800. The Balaban J connectivity index is 2.00. The highest BCUT2D eigenvalue weighted by Crippen LogP contribution is 2.27. The highest BCUT2D eigenvalue weighted by Gasteiger charge is 2.23. The average Bonchev–Trinajstić information content (AvgIpc) is 2.41. The van der Waals surface area contributed by atoms with Gasteiger partial charge in [-0.25, -0.2) is 4.39 Å². The van der Waals surface area contributed by atoms with Crippen LogP contribution in [0.1, 0.15) is 31.2 Å². The van der Waals surface area contributed by atoms with Crippen molar-refractivity contribution in [3.63, 3.8) is 0 Å². The fraction of sp³-hybridized carbons (Fsp3) is 0.571. The summed E-state index contributed by atoms with van der Waals surface area (Å²) in [4.78, 5) is 0. The van der Waals surface area contributed by atoms with Crippen LogP contribution in [0.5, 0.6) is 5.75 Å². The highest BCUT2D eigenvalue weighted by molar-refractivity contribution is 6.17. The molecule has 1 aliphatic carbocycles. The van der Waals surface area contributed by atoms with Crippen molar-refractivity contribution in [2.45, 2.75) is 43.8 Å². The summed E-state index contributed by atoms with van der Waals surface area (Å²) in [6.45, 7) is 0. The molecule has 4 heteroatoms. The number of halogens is 2. The minimum absolute atomic E-state index is 0.0417. The maximum atomic E-state index is 13.8. The molecular weight excluding hydrogens is 255 g/mol. The lowest BCUT2D eigenvalue weighted by atomic mass is 9.95. The van der Waals surface area contributed by atoms with Crippen molar-refractivity contribution in [1.82, 2.24) is 0 Å². The quantitative estimate of drug-likeness (QED) is 0.774. The number of ether oxygens (including phenoxy) is 2. The summed E-state index contributed by atoms with van der Waals surface area (Å²) >= 11 is 5.66. The molecule has 0 saturated heterocycles. The molecule has 1 aliphatic rings. The maximum absolute atomic E-state index is 13.8. The van der Waals surface area contributed by atoms with Crippen LogP contribution in [0.2, 0.25) is 0 Å². The molecule has 1 fully saturated rings. The molecule has 0 N–H and O–H groups in total. The summed E-state index contributed by atoms with van der Waals surface area (Å²) in [6, 6.07) is 4.88. The number of methoxy groups -OCH3 is 1. The fourth-order valence-electron chi connectivity index (χ4n) is 2.33. The topological polar surface area (TPSA) is 18.5 Å². The van der Waals surface area contributed by atoms with Crippen LogP contribution in [0.3, 0.4) is 0 Å². The minimum Gasteiger partial charge on any atom is -0.487 e. The van der Waals surface area contributed by atoms with Crippen LogP contribution in [0, 0.1) is 5.82 Å². The van der Waals surface area contributed by atoms with Crippen molar-refractivity contribution in [2.75, 3.05) is 7.11 Å². The van der Waals surface area contributed by atoms with Crippen molar-refractivity contribution in [3.05, 3.63) is 29.6 Å². The molecule has 2 atom stereocenters. The molecule has 0 heterocycles. The Morgan fingerprint density at radius 2 is 2.11 bits per heavy atom. The molecule has 1 saturated carbocycles. The Morgan fingerprint density at radius 1 is 1.33 bits per heavy atom. The van der Waals surface area contributed by atoms with E-state index in [9.17, 15) is 4.39 Å².